The topological polar surface area (TPSA) is 107 Å². The first kappa shape index (κ1) is 20.8. The number of aryl methyl sites for hydroxylation is 1. The van der Waals surface area contributed by atoms with E-state index in [0.717, 1.165) is 21.9 Å². The fourth-order valence-corrected chi connectivity index (χ4v) is 3.62. The van der Waals surface area contributed by atoms with Crippen molar-refractivity contribution in [3.05, 3.63) is 52.8 Å². The van der Waals surface area contributed by atoms with Gasteiger partial charge in [0.1, 0.15) is 6.54 Å². The molecule has 2 amide bonds. The normalized spacial score (nSPS) is 19.6. The van der Waals surface area contributed by atoms with E-state index in [9.17, 15) is 22.8 Å². The van der Waals surface area contributed by atoms with E-state index >= 15 is 0 Å². The minimum Gasteiger partial charge on any atom is -0.369 e. The second-order valence-corrected chi connectivity index (χ2v) is 7.19. The lowest BCUT2D eigenvalue weighted by Crippen LogP contribution is -2.34. The zero-order valence-electron chi connectivity index (χ0n) is 15.8. The minimum absolute atomic E-state index is 0.109. The maximum Gasteiger partial charge on any atom is 0.435 e. The third kappa shape index (κ3) is 4.42. The number of nitrogens with zero attached hydrogens (tertiary/aromatic N) is 3. The Morgan fingerprint density at radius 1 is 1.24 bits per heavy atom. The van der Waals surface area contributed by atoms with Gasteiger partial charge in [-0.1, -0.05) is 24.3 Å². The van der Waals surface area contributed by atoms with E-state index in [2.05, 4.69) is 5.10 Å². The van der Waals surface area contributed by atoms with E-state index in [1.165, 1.54) is 11.8 Å². The molecule has 1 saturated heterocycles. The number of halogens is 3. The van der Waals surface area contributed by atoms with Crippen LogP contribution in [0.2, 0.25) is 0 Å². The summed E-state index contributed by atoms with van der Waals surface area (Å²) in [6.45, 7) is 1.80. The monoisotopic (exact) mass is 409 g/mol. The van der Waals surface area contributed by atoms with Gasteiger partial charge >= 0.3 is 6.18 Å². The van der Waals surface area contributed by atoms with Crippen molar-refractivity contribution in [2.24, 2.45) is 17.4 Å². The van der Waals surface area contributed by atoms with Crippen LogP contribution in [-0.2, 0) is 28.9 Å². The van der Waals surface area contributed by atoms with Gasteiger partial charge in [0, 0.05) is 31.2 Å². The summed E-state index contributed by atoms with van der Waals surface area (Å²) in [5.41, 5.74) is 12.1. The molecule has 1 aliphatic rings. The first-order valence-corrected chi connectivity index (χ1v) is 9.07. The summed E-state index contributed by atoms with van der Waals surface area (Å²) < 4.78 is 39.5. The van der Waals surface area contributed by atoms with Crippen LogP contribution in [0.4, 0.5) is 13.2 Å². The predicted molar refractivity (Wildman–Crippen MR) is 98.3 cm³/mol. The van der Waals surface area contributed by atoms with Gasteiger partial charge < -0.3 is 16.4 Å². The fourth-order valence-electron chi connectivity index (χ4n) is 3.62. The first-order chi connectivity index (χ1) is 13.6. The Balaban J connectivity index is 1.78. The van der Waals surface area contributed by atoms with E-state index in [0.29, 0.717) is 6.54 Å². The van der Waals surface area contributed by atoms with Crippen molar-refractivity contribution in [1.82, 2.24) is 14.7 Å². The number of carbonyl (C=O) groups excluding carboxylic acids is 2. The quantitative estimate of drug-likeness (QED) is 0.778. The summed E-state index contributed by atoms with van der Waals surface area (Å²) in [6, 6.07) is 8.30. The molecule has 3 rings (SSSR count). The number of primary amides is 1. The summed E-state index contributed by atoms with van der Waals surface area (Å²) in [6.07, 6.45) is -4.58. The molecule has 0 saturated carbocycles. The van der Waals surface area contributed by atoms with Gasteiger partial charge in [-0.05, 0) is 24.1 Å². The predicted octanol–water partition coefficient (Wildman–Crippen LogP) is 1.40. The molecule has 29 heavy (non-hydrogen) atoms. The molecule has 156 valence electrons. The van der Waals surface area contributed by atoms with Gasteiger partial charge in [-0.2, -0.15) is 18.3 Å². The van der Waals surface area contributed by atoms with Gasteiger partial charge in [-0.15, -0.1) is 0 Å². The molecular formula is C19H22F3N5O2. The number of hydrogen-bond donors (Lipinski definition) is 2. The Morgan fingerprint density at radius 3 is 2.55 bits per heavy atom. The number of carbonyl (C=O) groups is 2. The van der Waals surface area contributed by atoms with E-state index in [1.807, 2.05) is 24.3 Å². The van der Waals surface area contributed by atoms with Crippen molar-refractivity contribution < 1.29 is 22.8 Å². The average Bonchev–Trinajstić information content (AvgIpc) is 3.26. The third-order valence-corrected chi connectivity index (χ3v) is 5.21. The Labute approximate surface area is 165 Å². The average molecular weight is 409 g/mol. The fraction of sp³-hybridized carbons (Fsp3) is 0.421. The van der Waals surface area contributed by atoms with Gasteiger partial charge in [0.2, 0.25) is 11.8 Å². The number of amides is 2. The molecule has 1 aromatic heterocycles. The smallest absolute Gasteiger partial charge is 0.369 e. The summed E-state index contributed by atoms with van der Waals surface area (Å²) in [5, 5.41) is 3.49. The van der Waals surface area contributed by atoms with Gasteiger partial charge in [-0.25, -0.2) is 0 Å². The Bertz CT molecular complexity index is 925. The van der Waals surface area contributed by atoms with E-state index in [1.54, 1.807) is 0 Å². The van der Waals surface area contributed by atoms with Crippen LogP contribution < -0.4 is 11.5 Å². The number of rotatable bonds is 5. The van der Waals surface area contributed by atoms with Crippen LogP contribution in [-0.4, -0.2) is 39.6 Å². The number of likely N-dealkylation sites (tertiary alicyclic amines) is 1. The molecule has 0 spiro atoms. The van der Waals surface area contributed by atoms with E-state index in [4.69, 9.17) is 11.5 Å². The van der Waals surface area contributed by atoms with Crippen LogP contribution in [0, 0.1) is 12.8 Å². The number of alkyl halides is 3. The lowest BCUT2D eigenvalue weighted by atomic mass is 9.88. The number of aromatic nitrogens is 2. The van der Waals surface area contributed by atoms with Crippen molar-refractivity contribution in [3.63, 3.8) is 0 Å². The standard InChI is InChI=1S/C19H22F3N5O2/c1-11-5-16(19(20,21)22)25-27(11)10-17(28)26-8-14(15(9-26)18(24)29)13-4-2-3-12(6-13)7-23/h2-6,14-15H,7-10,23H2,1H3,(H2,24,29)/t14-,15+/m1/s1. The Kier molecular flexibility index (Phi) is 5.65. The number of benzene rings is 1. The lowest BCUT2D eigenvalue weighted by Gasteiger charge is -2.17. The number of hydrogen-bond acceptors (Lipinski definition) is 4. The van der Waals surface area contributed by atoms with Crippen LogP contribution in [0.25, 0.3) is 0 Å². The first-order valence-electron chi connectivity index (χ1n) is 9.07. The van der Waals surface area contributed by atoms with Crippen LogP contribution >= 0.6 is 0 Å². The second kappa shape index (κ2) is 7.86. The molecule has 4 N–H and O–H groups in total. The van der Waals surface area contributed by atoms with Crippen molar-refractivity contribution in [1.29, 1.82) is 0 Å². The minimum atomic E-state index is -4.58. The zero-order chi connectivity index (χ0) is 21.3. The highest BCUT2D eigenvalue weighted by atomic mass is 19.4. The van der Waals surface area contributed by atoms with Gasteiger partial charge in [-0.3, -0.25) is 14.3 Å². The van der Waals surface area contributed by atoms with E-state index < -0.39 is 29.6 Å². The van der Waals surface area contributed by atoms with Crippen molar-refractivity contribution in [2.75, 3.05) is 13.1 Å². The maximum absolute atomic E-state index is 12.8. The summed E-state index contributed by atoms with van der Waals surface area (Å²) in [5.74, 6) is -1.84. The largest absolute Gasteiger partial charge is 0.435 e. The zero-order valence-corrected chi connectivity index (χ0v) is 15.8. The molecule has 2 heterocycles. The highest BCUT2D eigenvalue weighted by molar-refractivity contribution is 5.82. The highest BCUT2D eigenvalue weighted by Crippen LogP contribution is 2.33. The van der Waals surface area contributed by atoms with Gasteiger partial charge in [0.05, 0.1) is 5.92 Å². The molecule has 0 unspecified atom stereocenters. The van der Waals surface area contributed by atoms with Crippen LogP contribution in [0.5, 0.6) is 0 Å². The van der Waals surface area contributed by atoms with Crippen LogP contribution in [0.3, 0.4) is 0 Å². The third-order valence-electron chi connectivity index (χ3n) is 5.21. The summed E-state index contributed by atoms with van der Waals surface area (Å²) >= 11 is 0. The molecule has 1 aliphatic heterocycles. The molecule has 0 bridgehead atoms. The second-order valence-electron chi connectivity index (χ2n) is 7.19. The molecule has 1 aromatic carbocycles. The lowest BCUT2D eigenvalue weighted by molar-refractivity contribution is -0.142. The van der Waals surface area contributed by atoms with E-state index in [-0.39, 0.29) is 31.2 Å². The molecular weight excluding hydrogens is 387 g/mol. The summed E-state index contributed by atoms with van der Waals surface area (Å²) in [4.78, 5) is 26.1. The molecule has 2 atom stereocenters. The Hall–Kier alpha value is -2.88. The molecule has 2 aromatic rings. The molecule has 0 aliphatic carbocycles. The van der Waals surface area contributed by atoms with Crippen LogP contribution in [0.15, 0.2) is 30.3 Å². The van der Waals surface area contributed by atoms with Gasteiger partial charge in [0.25, 0.3) is 0 Å². The maximum atomic E-state index is 12.8. The summed E-state index contributed by atoms with van der Waals surface area (Å²) in [7, 11) is 0. The Morgan fingerprint density at radius 2 is 1.97 bits per heavy atom. The molecule has 0 radical (unpaired) electrons. The molecule has 1 fully saturated rings. The van der Waals surface area contributed by atoms with Gasteiger partial charge in [0.15, 0.2) is 5.69 Å². The SMILES string of the molecule is Cc1cc(C(F)(F)F)nn1CC(=O)N1C[C@H](C(N)=O)[C@@H](c2cccc(CN)c2)C1. The molecule has 10 heteroatoms. The molecule has 7 nitrogen and oxygen atoms in total. The number of nitrogens with two attached hydrogens (primary N) is 2. The van der Waals surface area contributed by atoms with Crippen molar-refractivity contribution >= 4 is 11.8 Å². The van der Waals surface area contributed by atoms with Crippen molar-refractivity contribution in [2.45, 2.75) is 32.1 Å². The van der Waals surface area contributed by atoms with Crippen molar-refractivity contribution in [3.8, 4) is 0 Å². The highest BCUT2D eigenvalue weighted by Gasteiger charge is 2.40. The van der Waals surface area contributed by atoms with Crippen LogP contribution in [0.1, 0.15) is 28.4 Å².